The van der Waals surface area contributed by atoms with Gasteiger partial charge in [0.2, 0.25) is 5.91 Å². The van der Waals surface area contributed by atoms with E-state index in [1.807, 2.05) is 33.1 Å². The van der Waals surface area contributed by atoms with Crippen molar-refractivity contribution in [3.63, 3.8) is 0 Å². The largest absolute Gasteiger partial charge is 0.366 e. The number of amides is 2. The number of sulfonamides is 1. The first-order valence-electron chi connectivity index (χ1n) is 11.1. The minimum atomic E-state index is -4.21. The first kappa shape index (κ1) is 26.4. The molecule has 0 saturated carbocycles. The number of hydrogen-bond donors (Lipinski definition) is 1. The van der Waals surface area contributed by atoms with Gasteiger partial charge in [0.1, 0.15) is 11.6 Å². The Labute approximate surface area is 210 Å². The number of carbonyl (C=O) groups is 2. The van der Waals surface area contributed by atoms with Gasteiger partial charge in [-0.3, -0.25) is 13.9 Å². The third-order valence-corrected chi connectivity index (χ3v) is 8.11. The van der Waals surface area contributed by atoms with Gasteiger partial charge < -0.3 is 10.6 Å². The van der Waals surface area contributed by atoms with Crippen molar-refractivity contribution in [3.05, 3.63) is 76.2 Å². The highest BCUT2D eigenvalue weighted by atomic mass is 32.2. The molecule has 8 nitrogen and oxygen atoms in total. The summed E-state index contributed by atoms with van der Waals surface area (Å²) >= 11 is 1.41. The molecule has 0 aliphatic rings. The van der Waals surface area contributed by atoms with Gasteiger partial charge in [0.25, 0.3) is 15.9 Å². The van der Waals surface area contributed by atoms with E-state index in [2.05, 4.69) is 4.98 Å². The smallest absolute Gasteiger partial charge is 0.264 e. The van der Waals surface area contributed by atoms with Crippen molar-refractivity contribution in [2.24, 2.45) is 5.73 Å². The SMILES string of the molecule is CCN(Cc1nccs1)C(=O)CN(c1ccccc1C(N)=O)S(=O)(=O)c1ccc(C(C)(C)C)cc1. The lowest BCUT2D eigenvalue weighted by atomic mass is 9.87. The van der Waals surface area contributed by atoms with Gasteiger partial charge in [-0.25, -0.2) is 13.4 Å². The van der Waals surface area contributed by atoms with Gasteiger partial charge >= 0.3 is 0 Å². The quantitative estimate of drug-likeness (QED) is 0.467. The summed E-state index contributed by atoms with van der Waals surface area (Å²) in [7, 11) is -4.21. The van der Waals surface area contributed by atoms with E-state index in [0.29, 0.717) is 6.54 Å². The van der Waals surface area contributed by atoms with Gasteiger partial charge in [0.05, 0.1) is 22.7 Å². The molecule has 0 bridgehead atoms. The van der Waals surface area contributed by atoms with Gasteiger partial charge in [-0.2, -0.15) is 0 Å². The molecule has 10 heteroatoms. The van der Waals surface area contributed by atoms with Crippen molar-refractivity contribution in [2.45, 2.75) is 44.6 Å². The number of carbonyl (C=O) groups excluding carboxylic acids is 2. The van der Waals surface area contributed by atoms with Crippen LogP contribution < -0.4 is 10.0 Å². The van der Waals surface area contributed by atoms with E-state index in [4.69, 9.17) is 5.73 Å². The maximum Gasteiger partial charge on any atom is 0.264 e. The average Bonchev–Trinajstić information content (AvgIpc) is 3.33. The summed E-state index contributed by atoms with van der Waals surface area (Å²) in [5, 5.41) is 2.55. The standard InChI is InChI=1S/C25H30N4O4S2/c1-5-28(16-22-27-14-15-34-22)23(30)17-29(21-9-7-6-8-20(21)24(26)31)35(32,33)19-12-10-18(11-13-19)25(2,3)4/h6-15H,5,16-17H2,1-4H3,(H2,26,31). The molecule has 0 spiro atoms. The monoisotopic (exact) mass is 514 g/mol. The van der Waals surface area contributed by atoms with Crippen molar-refractivity contribution in [1.82, 2.24) is 9.88 Å². The highest BCUT2D eigenvalue weighted by molar-refractivity contribution is 7.92. The summed E-state index contributed by atoms with van der Waals surface area (Å²) in [6.07, 6.45) is 1.65. The Hall–Kier alpha value is -3.24. The number of nitrogens with zero attached hydrogens (tertiary/aromatic N) is 3. The Morgan fingerprint density at radius 1 is 1.06 bits per heavy atom. The molecule has 1 aromatic heterocycles. The molecule has 0 radical (unpaired) electrons. The van der Waals surface area contributed by atoms with E-state index in [-0.39, 0.29) is 28.1 Å². The number of thiazole rings is 1. The fraction of sp³-hybridized carbons (Fsp3) is 0.320. The molecule has 35 heavy (non-hydrogen) atoms. The van der Waals surface area contributed by atoms with Gasteiger partial charge in [-0.1, -0.05) is 45.0 Å². The van der Waals surface area contributed by atoms with E-state index in [1.165, 1.54) is 40.5 Å². The van der Waals surface area contributed by atoms with Gasteiger partial charge in [-0.15, -0.1) is 11.3 Å². The maximum absolute atomic E-state index is 13.8. The number of hydrogen-bond acceptors (Lipinski definition) is 6. The van der Waals surface area contributed by atoms with Gasteiger partial charge in [-0.05, 0) is 42.2 Å². The number of aromatic nitrogens is 1. The summed E-state index contributed by atoms with van der Waals surface area (Å²) < 4.78 is 28.6. The van der Waals surface area contributed by atoms with E-state index in [9.17, 15) is 18.0 Å². The van der Waals surface area contributed by atoms with Crippen LogP contribution in [-0.2, 0) is 26.8 Å². The topological polar surface area (TPSA) is 114 Å². The normalized spacial score (nSPS) is 11.8. The van der Waals surface area contributed by atoms with Crippen molar-refractivity contribution < 1.29 is 18.0 Å². The number of anilines is 1. The van der Waals surface area contributed by atoms with Crippen LogP contribution in [0, 0.1) is 0 Å². The number of nitrogens with two attached hydrogens (primary N) is 1. The second kappa shape index (κ2) is 10.6. The molecule has 0 fully saturated rings. The molecule has 2 N–H and O–H groups in total. The molecule has 3 rings (SSSR count). The highest BCUT2D eigenvalue weighted by Crippen LogP contribution is 2.29. The Morgan fingerprint density at radius 3 is 2.26 bits per heavy atom. The lowest BCUT2D eigenvalue weighted by molar-refractivity contribution is -0.129. The lowest BCUT2D eigenvalue weighted by Crippen LogP contribution is -2.43. The van der Waals surface area contributed by atoms with Crippen LogP contribution in [0.3, 0.4) is 0 Å². The summed E-state index contributed by atoms with van der Waals surface area (Å²) in [6.45, 7) is 8.05. The second-order valence-corrected chi connectivity index (χ2v) is 11.8. The number of benzene rings is 2. The summed E-state index contributed by atoms with van der Waals surface area (Å²) in [5.74, 6) is -1.21. The zero-order chi connectivity index (χ0) is 25.8. The Balaban J connectivity index is 2.05. The Bertz CT molecular complexity index is 1280. The highest BCUT2D eigenvalue weighted by Gasteiger charge is 2.31. The zero-order valence-electron chi connectivity index (χ0n) is 20.3. The number of rotatable bonds is 9. The van der Waals surface area contributed by atoms with Crippen LogP contribution in [0.25, 0.3) is 0 Å². The summed E-state index contributed by atoms with van der Waals surface area (Å²) in [4.78, 5) is 31.2. The van der Waals surface area contributed by atoms with Crippen molar-refractivity contribution in [3.8, 4) is 0 Å². The van der Waals surface area contributed by atoms with Crippen LogP contribution in [-0.4, -0.2) is 43.2 Å². The van der Waals surface area contributed by atoms with E-state index < -0.39 is 28.4 Å². The van der Waals surface area contributed by atoms with E-state index in [0.717, 1.165) is 14.9 Å². The van der Waals surface area contributed by atoms with Crippen LogP contribution in [0.4, 0.5) is 5.69 Å². The van der Waals surface area contributed by atoms with Crippen LogP contribution >= 0.6 is 11.3 Å². The van der Waals surface area contributed by atoms with Crippen LogP contribution in [0.1, 0.15) is 48.6 Å². The lowest BCUT2D eigenvalue weighted by Gasteiger charge is -2.29. The first-order valence-corrected chi connectivity index (χ1v) is 13.5. The predicted molar refractivity (Wildman–Crippen MR) is 138 cm³/mol. The molecule has 1 heterocycles. The first-order chi connectivity index (χ1) is 16.4. The third kappa shape index (κ3) is 6.07. The van der Waals surface area contributed by atoms with Crippen LogP contribution in [0.5, 0.6) is 0 Å². The minimum Gasteiger partial charge on any atom is -0.366 e. The van der Waals surface area contributed by atoms with Crippen LogP contribution in [0.2, 0.25) is 0 Å². The molecule has 0 atom stereocenters. The van der Waals surface area contributed by atoms with Crippen molar-refractivity contribution >= 4 is 38.9 Å². The van der Waals surface area contributed by atoms with E-state index >= 15 is 0 Å². The molecule has 0 aliphatic heterocycles. The average molecular weight is 515 g/mol. The predicted octanol–water partition coefficient (Wildman–Crippen LogP) is 3.78. The fourth-order valence-electron chi connectivity index (χ4n) is 3.55. The minimum absolute atomic E-state index is 0.0122. The zero-order valence-corrected chi connectivity index (χ0v) is 21.9. The summed E-state index contributed by atoms with van der Waals surface area (Å²) in [6, 6.07) is 12.7. The molecule has 186 valence electrons. The van der Waals surface area contributed by atoms with Gasteiger partial charge in [0, 0.05) is 18.1 Å². The molecule has 0 unspecified atom stereocenters. The molecule has 3 aromatic rings. The Kier molecular flexibility index (Phi) is 7.97. The number of primary amides is 1. The second-order valence-electron chi connectivity index (χ2n) is 9.00. The van der Waals surface area contributed by atoms with E-state index in [1.54, 1.807) is 30.5 Å². The molecule has 0 saturated heterocycles. The Morgan fingerprint density at radius 2 is 1.71 bits per heavy atom. The van der Waals surface area contributed by atoms with Crippen molar-refractivity contribution in [2.75, 3.05) is 17.4 Å². The number of likely N-dealkylation sites (N-methyl/N-ethyl adjacent to an activating group) is 1. The maximum atomic E-state index is 13.8. The van der Waals surface area contributed by atoms with Gasteiger partial charge in [0.15, 0.2) is 0 Å². The van der Waals surface area contributed by atoms with Crippen LogP contribution in [0.15, 0.2) is 65.0 Å². The molecular formula is C25H30N4O4S2. The number of para-hydroxylation sites is 1. The summed E-state index contributed by atoms with van der Waals surface area (Å²) in [5.41, 5.74) is 6.42. The molecule has 2 amide bonds. The molecular weight excluding hydrogens is 484 g/mol. The molecule has 2 aromatic carbocycles. The third-order valence-electron chi connectivity index (χ3n) is 5.57. The molecule has 0 aliphatic carbocycles. The van der Waals surface area contributed by atoms with Crippen molar-refractivity contribution in [1.29, 1.82) is 0 Å². The fourth-order valence-corrected chi connectivity index (χ4v) is 5.61.